The summed E-state index contributed by atoms with van der Waals surface area (Å²) < 4.78 is 12.0. The molecule has 0 radical (unpaired) electrons. The Hall–Kier alpha value is -2.69. The van der Waals surface area contributed by atoms with E-state index in [1.807, 2.05) is 49.4 Å². The van der Waals surface area contributed by atoms with Gasteiger partial charge in [-0.05, 0) is 43.5 Å². The lowest BCUT2D eigenvalue weighted by molar-refractivity contribution is -0.115. The minimum Gasteiger partial charge on any atom is -0.448 e. The predicted octanol–water partition coefficient (Wildman–Crippen LogP) is 4.48. The zero-order valence-electron chi connectivity index (χ0n) is 15.0. The number of fused-ring (bicyclic) bond motifs is 1. The number of nitrogens with one attached hydrogen (secondary N) is 2. The first-order chi connectivity index (χ1) is 12.6. The van der Waals surface area contributed by atoms with Crippen LogP contribution in [0, 0.1) is 6.92 Å². The normalized spacial score (nSPS) is 16.7. The van der Waals surface area contributed by atoms with Crippen LogP contribution >= 0.6 is 0 Å². The Morgan fingerprint density at radius 2 is 1.85 bits per heavy atom. The van der Waals surface area contributed by atoms with Crippen molar-refractivity contribution in [1.29, 1.82) is 0 Å². The topological polar surface area (TPSA) is 59.6 Å². The summed E-state index contributed by atoms with van der Waals surface area (Å²) in [5.74, 6) is 0.997. The molecule has 1 aliphatic carbocycles. The fourth-order valence-corrected chi connectivity index (χ4v) is 3.59. The molecule has 0 unspecified atom stereocenters. The van der Waals surface area contributed by atoms with Gasteiger partial charge in [-0.25, -0.2) is 0 Å². The van der Waals surface area contributed by atoms with Crippen molar-refractivity contribution in [3.63, 3.8) is 0 Å². The molecule has 4 rings (SSSR count). The van der Waals surface area contributed by atoms with E-state index in [9.17, 15) is 4.79 Å². The van der Waals surface area contributed by atoms with Crippen molar-refractivity contribution in [3.8, 4) is 11.5 Å². The molecule has 2 aromatic rings. The highest BCUT2D eigenvalue weighted by atomic mass is 16.7. The number of aryl methyl sites for hydroxylation is 1. The monoisotopic (exact) mass is 352 g/mol. The summed E-state index contributed by atoms with van der Waals surface area (Å²) in [5.41, 5.74) is 2.97. The molecule has 2 aliphatic rings. The maximum atomic E-state index is 12.2. The third kappa shape index (κ3) is 3.47. The molecule has 1 amide bonds. The molecule has 5 heteroatoms. The third-order valence-corrected chi connectivity index (χ3v) is 5.00. The van der Waals surface area contributed by atoms with Crippen LogP contribution in [0.15, 0.2) is 42.5 Å². The SMILES string of the molecule is Cc1ccccc1NCCC(=O)Nc1ccc2c(c1)OC1(CCCC1)O2. The van der Waals surface area contributed by atoms with Crippen LogP contribution in [0.2, 0.25) is 0 Å². The Labute approximate surface area is 153 Å². The highest BCUT2D eigenvalue weighted by molar-refractivity contribution is 5.91. The molecule has 0 bridgehead atoms. The zero-order chi connectivity index (χ0) is 18.0. The number of hydrogen-bond acceptors (Lipinski definition) is 4. The summed E-state index contributed by atoms with van der Waals surface area (Å²) in [6, 6.07) is 13.7. The molecule has 2 N–H and O–H groups in total. The van der Waals surface area contributed by atoms with Gasteiger partial charge >= 0.3 is 0 Å². The second-order valence-electron chi connectivity index (χ2n) is 7.02. The summed E-state index contributed by atoms with van der Waals surface area (Å²) in [5, 5.41) is 6.24. The van der Waals surface area contributed by atoms with Gasteiger partial charge in [0.1, 0.15) is 0 Å². The van der Waals surface area contributed by atoms with E-state index in [2.05, 4.69) is 10.6 Å². The van der Waals surface area contributed by atoms with E-state index in [0.717, 1.165) is 48.6 Å². The van der Waals surface area contributed by atoms with E-state index in [0.29, 0.717) is 13.0 Å². The van der Waals surface area contributed by atoms with Gasteiger partial charge < -0.3 is 20.1 Å². The molecule has 0 saturated heterocycles. The van der Waals surface area contributed by atoms with Crippen LogP contribution in [0.4, 0.5) is 11.4 Å². The highest BCUT2D eigenvalue weighted by Crippen LogP contribution is 2.47. The average Bonchev–Trinajstić information content (AvgIpc) is 3.22. The highest BCUT2D eigenvalue weighted by Gasteiger charge is 2.44. The van der Waals surface area contributed by atoms with Gasteiger partial charge in [-0.1, -0.05) is 18.2 Å². The lowest BCUT2D eigenvalue weighted by Gasteiger charge is -2.21. The lowest BCUT2D eigenvalue weighted by atomic mass is 10.2. The molecular weight excluding hydrogens is 328 g/mol. The molecule has 2 aromatic carbocycles. The van der Waals surface area contributed by atoms with Crippen LogP contribution in [0.3, 0.4) is 0 Å². The van der Waals surface area contributed by atoms with Crippen molar-refractivity contribution in [2.45, 2.75) is 44.8 Å². The second kappa shape index (κ2) is 6.90. The van der Waals surface area contributed by atoms with Gasteiger partial charge in [0.15, 0.2) is 11.5 Å². The molecule has 1 heterocycles. The Morgan fingerprint density at radius 1 is 1.08 bits per heavy atom. The van der Waals surface area contributed by atoms with Gasteiger partial charge in [0.25, 0.3) is 5.79 Å². The smallest absolute Gasteiger partial charge is 0.251 e. The molecule has 1 aliphatic heterocycles. The lowest BCUT2D eigenvalue weighted by Crippen LogP contribution is -2.34. The maximum absolute atomic E-state index is 12.2. The first kappa shape index (κ1) is 16.8. The first-order valence-corrected chi connectivity index (χ1v) is 9.25. The van der Waals surface area contributed by atoms with Crippen molar-refractivity contribution in [3.05, 3.63) is 48.0 Å². The van der Waals surface area contributed by atoms with E-state index in [1.54, 1.807) is 0 Å². The van der Waals surface area contributed by atoms with Crippen molar-refractivity contribution in [2.24, 2.45) is 0 Å². The first-order valence-electron chi connectivity index (χ1n) is 9.25. The molecule has 136 valence electrons. The zero-order valence-corrected chi connectivity index (χ0v) is 15.0. The third-order valence-electron chi connectivity index (χ3n) is 5.00. The fourth-order valence-electron chi connectivity index (χ4n) is 3.59. The molecular formula is C21H24N2O3. The van der Waals surface area contributed by atoms with Crippen molar-refractivity contribution in [2.75, 3.05) is 17.2 Å². The molecule has 1 fully saturated rings. The largest absolute Gasteiger partial charge is 0.448 e. The number of para-hydroxylation sites is 1. The van der Waals surface area contributed by atoms with E-state index in [4.69, 9.17) is 9.47 Å². The van der Waals surface area contributed by atoms with E-state index < -0.39 is 5.79 Å². The Balaban J connectivity index is 1.31. The Kier molecular flexibility index (Phi) is 4.45. The molecule has 26 heavy (non-hydrogen) atoms. The fraction of sp³-hybridized carbons (Fsp3) is 0.381. The molecule has 1 saturated carbocycles. The van der Waals surface area contributed by atoms with E-state index in [-0.39, 0.29) is 5.91 Å². The van der Waals surface area contributed by atoms with Crippen molar-refractivity contribution in [1.82, 2.24) is 0 Å². The van der Waals surface area contributed by atoms with Crippen molar-refractivity contribution >= 4 is 17.3 Å². The van der Waals surface area contributed by atoms with Crippen LogP contribution in [-0.2, 0) is 4.79 Å². The van der Waals surface area contributed by atoms with Crippen molar-refractivity contribution < 1.29 is 14.3 Å². The summed E-state index contributed by atoms with van der Waals surface area (Å²) in [6.07, 6.45) is 4.51. The van der Waals surface area contributed by atoms with Crippen LogP contribution in [0.5, 0.6) is 11.5 Å². The number of hydrogen-bond donors (Lipinski definition) is 2. The maximum Gasteiger partial charge on any atom is 0.251 e. The van der Waals surface area contributed by atoms with E-state index >= 15 is 0 Å². The summed E-state index contributed by atoms with van der Waals surface area (Å²) in [7, 11) is 0. The molecule has 5 nitrogen and oxygen atoms in total. The van der Waals surface area contributed by atoms with Gasteiger partial charge in [0.05, 0.1) is 0 Å². The van der Waals surface area contributed by atoms with Gasteiger partial charge in [-0.15, -0.1) is 0 Å². The van der Waals surface area contributed by atoms with E-state index in [1.165, 1.54) is 5.56 Å². The van der Waals surface area contributed by atoms with Crippen LogP contribution in [0.25, 0.3) is 0 Å². The number of carbonyl (C=O) groups is 1. The minimum absolute atomic E-state index is 0.0273. The summed E-state index contributed by atoms with van der Waals surface area (Å²) in [4.78, 5) is 12.2. The molecule has 1 spiro atoms. The Bertz CT molecular complexity index is 813. The predicted molar refractivity (Wildman–Crippen MR) is 102 cm³/mol. The number of anilines is 2. The molecule has 0 aromatic heterocycles. The minimum atomic E-state index is -0.470. The number of ether oxygens (including phenoxy) is 2. The Morgan fingerprint density at radius 3 is 2.65 bits per heavy atom. The number of benzene rings is 2. The number of amides is 1. The van der Waals surface area contributed by atoms with Crippen LogP contribution < -0.4 is 20.1 Å². The van der Waals surface area contributed by atoms with Crippen LogP contribution in [-0.4, -0.2) is 18.2 Å². The van der Waals surface area contributed by atoms with Gasteiger partial charge in [0.2, 0.25) is 5.91 Å². The van der Waals surface area contributed by atoms with Gasteiger partial charge in [-0.3, -0.25) is 4.79 Å². The second-order valence-corrected chi connectivity index (χ2v) is 7.02. The summed E-state index contributed by atoms with van der Waals surface area (Å²) >= 11 is 0. The quantitative estimate of drug-likeness (QED) is 0.833. The van der Waals surface area contributed by atoms with Gasteiger partial charge in [0, 0.05) is 43.2 Å². The number of carbonyl (C=O) groups excluding carboxylic acids is 1. The van der Waals surface area contributed by atoms with Crippen LogP contribution in [0.1, 0.15) is 37.7 Å². The average molecular weight is 352 g/mol. The molecule has 0 atom stereocenters. The summed E-state index contributed by atoms with van der Waals surface area (Å²) in [6.45, 7) is 2.64. The van der Waals surface area contributed by atoms with Gasteiger partial charge in [-0.2, -0.15) is 0 Å². The number of rotatable bonds is 5. The standard InChI is InChI=1S/C21H24N2O3/c1-15-6-2-3-7-17(15)22-13-10-20(24)23-16-8-9-18-19(14-16)26-21(25-18)11-4-5-12-21/h2-3,6-9,14,22H,4-5,10-13H2,1H3,(H,23,24).